The summed E-state index contributed by atoms with van der Waals surface area (Å²) in [5.74, 6) is -1.32. The highest BCUT2D eigenvalue weighted by Crippen LogP contribution is 2.68. The Kier molecular flexibility index (Phi) is 10.5. The summed E-state index contributed by atoms with van der Waals surface area (Å²) in [5.41, 5.74) is 0. The van der Waals surface area contributed by atoms with Crippen LogP contribution >= 0.6 is 11.8 Å². The second-order valence-electron chi connectivity index (χ2n) is 10.4. The number of likely N-dealkylation sites (tertiary alicyclic amines) is 1. The standard InChI is InChI=1S/C28H44N2O5S/c1-5-8-13-18-35-27(34)22-21-19-20(4)28(36-21)23(22)25(32)30(16-11-10-12-17-31)24(28)26(33)29(14-7-3)15-9-6-2/h5,7,20-24,31H,1,3,6,8-19H2,2,4H3/t20?,21-,22+,23+,24?,28?/m1/s1. The number of rotatable bonds is 16. The van der Waals surface area contributed by atoms with Crippen LogP contribution in [0, 0.1) is 17.8 Å². The summed E-state index contributed by atoms with van der Waals surface area (Å²) < 4.78 is 5.03. The first-order valence-electron chi connectivity index (χ1n) is 13.6. The fourth-order valence-electron chi connectivity index (χ4n) is 6.34. The topological polar surface area (TPSA) is 87.1 Å². The maximum atomic E-state index is 14.2. The number of carbonyl (C=O) groups excluding carboxylic acids is 3. The lowest BCUT2D eigenvalue weighted by Crippen LogP contribution is -2.57. The molecule has 3 rings (SSSR count). The zero-order valence-electron chi connectivity index (χ0n) is 22.0. The van der Waals surface area contributed by atoms with Crippen LogP contribution in [0.2, 0.25) is 0 Å². The highest BCUT2D eigenvalue weighted by atomic mass is 32.2. The number of ether oxygens (including phenoxy) is 1. The van der Waals surface area contributed by atoms with Gasteiger partial charge in [0.25, 0.3) is 0 Å². The van der Waals surface area contributed by atoms with Crippen LogP contribution in [-0.2, 0) is 19.1 Å². The number of aliphatic hydroxyl groups excluding tert-OH is 1. The van der Waals surface area contributed by atoms with Gasteiger partial charge in [0.2, 0.25) is 11.8 Å². The smallest absolute Gasteiger partial charge is 0.310 e. The van der Waals surface area contributed by atoms with Gasteiger partial charge >= 0.3 is 5.97 Å². The minimum atomic E-state index is -0.619. The molecule has 8 heteroatoms. The van der Waals surface area contributed by atoms with Gasteiger partial charge in [0.15, 0.2) is 0 Å². The summed E-state index contributed by atoms with van der Waals surface area (Å²) in [5, 5.41) is 9.20. The fourth-order valence-corrected chi connectivity index (χ4v) is 8.75. The molecule has 0 aromatic carbocycles. The number of fused-ring (bicyclic) bond motifs is 1. The van der Waals surface area contributed by atoms with E-state index in [0.717, 1.165) is 32.1 Å². The molecule has 3 aliphatic heterocycles. The average molecular weight is 521 g/mol. The number of hydrogen-bond acceptors (Lipinski definition) is 6. The molecule has 7 nitrogen and oxygen atoms in total. The summed E-state index contributed by atoms with van der Waals surface area (Å²) in [4.78, 5) is 45.1. The lowest BCUT2D eigenvalue weighted by Gasteiger charge is -2.40. The number of allylic oxidation sites excluding steroid dienone is 1. The van der Waals surface area contributed by atoms with E-state index in [9.17, 15) is 19.5 Å². The molecule has 0 aromatic heterocycles. The normalized spacial score (nSPS) is 30.4. The third kappa shape index (κ3) is 5.40. The summed E-state index contributed by atoms with van der Waals surface area (Å²) >= 11 is 1.69. The highest BCUT2D eigenvalue weighted by Gasteiger charge is 2.76. The summed E-state index contributed by atoms with van der Waals surface area (Å²) in [7, 11) is 0. The Hall–Kier alpha value is -1.80. The molecular weight excluding hydrogens is 476 g/mol. The first-order chi connectivity index (χ1) is 17.4. The second-order valence-corrected chi connectivity index (χ2v) is 11.9. The predicted octanol–water partition coefficient (Wildman–Crippen LogP) is 3.81. The Labute approximate surface area is 220 Å². The first kappa shape index (κ1) is 28.8. The highest BCUT2D eigenvalue weighted by molar-refractivity contribution is 8.02. The number of amides is 2. The molecule has 0 aliphatic carbocycles. The Morgan fingerprint density at radius 1 is 1.22 bits per heavy atom. The third-order valence-corrected chi connectivity index (χ3v) is 10.1. The second kappa shape index (κ2) is 13.1. The Balaban J connectivity index is 1.93. The van der Waals surface area contributed by atoms with Crippen LogP contribution in [0.5, 0.6) is 0 Å². The van der Waals surface area contributed by atoms with E-state index >= 15 is 0 Å². The first-order valence-corrected chi connectivity index (χ1v) is 14.5. The van der Waals surface area contributed by atoms with Crippen molar-refractivity contribution in [3.05, 3.63) is 25.3 Å². The quantitative estimate of drug-likeness (QED) is 0.189. The molecule has 3 heterocycles. The average Bonchev–Trinajstić information content (AvgIpc) is 3.45. The van der Waals surface area contributed by atoms with Crippen molar-refractivity contribution in [2.45, 2.75) is 81.3 Å². The molecular formula is C28H44N2O5S. The third-order valence-electron chi connectivity index (χ3n) is 8.05. The van der Waals surface area contributed by atoms with E-state index in [1.807, 2.05) is 4.90 Å². The largest absolute Gasteiger partial charge is 0.465 e. The molecule has 6 atom stereocenters. The van der Waals surface area contributed by atoms with Crippen LogP contribution < -0.4 is 0 Å². The number of carbonyl (C=O) groups is 3. The lowest BCUT2D eigenvalue weighted by atomic mass is 9.66. The fraction of sp³-hybridized carbons (Fsp3) is 0.750. The van der Waals surface area contributed by atoms with Crippen LogP contribution in [-0.4, -0.2) is 81.6 Å². The van der Waals surface area contributed by atoms with Gasteiger partial charge in [-0.3, -0.25) is 14.4 Å². The molecule has 0 saturated carbocycles. The van der Waals surface area contributed by atoms with E-state index in [2.05, 4.69) is 27.0 Å². The molecule has 202 valence electrons. The van der Waals surface area contributed by atoms with Gasteiger partial charge in [-0.05, 0) is 50.9 Å². The van der Waals surface area contributed by atoms with Crippen LogP contribution in [0.25, 0.3) is 0 Å². The SMILES string of the molecule is C=CCCCOC(=O)[C@@H]1[C@H]2C(=O)N(CCCCCO)C(C(=O)N(CC=C)CCCC)C23S[C@@H]1CC3C. The number of thioether (sulfide) groups is 1. The molecule has 0 radical (unpaired) electrons. The van der Waals surface area contributed by atoms with Gasteiger partial charge in [-0.15, -0.1) is 24.9 Å². The molecule has 0 aromatic rings. The molecule has 1 spiro atoms. The molecule has 2 bridgehead atoms. The molecule has 3 aliphatic rings. The number of unbranched alkanes of at least 4 members (excludes halogenated alkanes) is 4. The molecule has 3 saturated heterocycles. The van der Waals surface area contributed by atoms with E-state index in [1.54, 1.807) is 28.8 Å². The van der Waals surface area contributed by atoms with Crippen molar-refractivity contribution in [1.82, 2.24) is 9.80 Å². The number of nitrogens with zero attached hydrogens (tertiary/aromatic N) is 2. The maximum absolute atomic E-state index is 14.2. The van der Waals surface area contributed by atoms with Gasteiger partial charge < -0.3 is 19.6 Å². The zero-order valence-corrected chi connectivity index (χ0v) is 22.8. The van der Waals surface area contributed by atoms with Crippen molar-refractivity contribution in [2.24, 2.45) is 17.8 Å². The lowest BCUT2D eigenvalue weighted by molar-refractivity contribution is -0.154. The minimum Gasteiger partial charge on any atom is -0.465 e. The molecule has 1 N–H and O–H groups in total. The van der Waals surface area contributed by atoms with Crippen LogP contribution in [0.1, 0.15) is 65.2 Å². The van der Waals surface area contributed by atoms with Gasteiger partial charge in [0.05, 0.1) is 23.2 Å². The van der Waals surface area contributed by atoms with Crippen molar-refractivity contribution in [3.8, 4) is 0 Å². The zero-order chi connectivity index (χ0) is 26.3. The van der Waals surface area contributed by atoms with Crippen LogP contribution in [0.3, 0.4) is 0 Å². The van der Waals surface area contributed by atoms with Crippen molar-refractivity contribution in [3.63, 3.8) is 0 Å². The van der Waals surface area contributed by atoms with Crippen molar-refractivity contribution < 1.29 is 24.2 Å². The van der Waals surface area contributed by atoms with Crippen LogP contribution in [0.4, 0.5) is 0 Å². The summed E-state index contributed by atoms with van der Waals surface area (Å²) in [6.07, 6.45) is 9.86. The Bertz CT molecular complexity index is 820. The van der Waals surface area contributed by atoms with E-state index in [4.69, 9.17) is 4.74 Å². The Morgan fingerprint density at radius 3 is 2.67 bits per heavy atom. The van der Waals surface area contributed by atoms with Gasteiger partial charge in [-0.2, -0.15) is 0 Å². The number of aliphatic hydroxyl groups is 1. The van der Waals surface area contributed by atoms with Crippen LogP contribution in [0.15, 0.2) is 25.3 Å². The summed E-state index contributed by atoms with van der Waals surface area (Å²) in [6, 6.07) is -0.593. The van der Waals surface area contributed by atoms with Crippen molar-refractivity contribution in [1.29, 1.82) is 0 Å². The van der Waals surface area contributed by atoms with Gasteiger partial charge in [-0.25, -0.2) is 0 Å². The van der Waals surface area contributed by atoms with Gasteiger partial charge in [0.1, 0.15) is 6.04 Å². The van der Waals surface area contributed by atoms with E-state index in [1.165, 1.54) is 0 Å². The van der Waals surface area contributed by atoms with Crippen molar-refractivity contribution in [2.75, 3.05) is 32.8 Å². The van der Waals surface area contributed by atoms with E-state index < -0.39 is 22.6 Å². The predicted molar refractivity (Wildman–Crippen MR) is 143 cm³/mol. The molecule has 3 fully saturated rings. The van der Waals surface area contributed by atoms with E-state index in [-0.39, 0.29) is 35.6 Å². The van der Waals surface area contributed by atoms with E-state index in [0.29, 0.717) is 45.5 Å². The molecule has 36 heavy (non-hydrogen) atoms. The number of esters is 1. The van der Waals surface area contributed by atoms with Gasteiger partial charge in [0, 0.05) is 31.5 Å². The minimum absolute atomic E-state index is 0.00353. The molecule has 3 unspecified atom stereocenters. The Morgan fingerprint density at radius 2 is 2.00 bits per heavy atom. The maximum Gasteiger partial charge on any atom is 0.310 e. The van der Waals surface area contributed by atoms with Gasteiger partial charge in [-0.1, -0.05) is 32.4 Å². The van der Waals surface area contributed by atoms with Crippen molar-refractivity contribution >= 4 is 29.5 Å². The monoisotopic (exact) mass is 520 g/mol. The number of hydrogen-bond donors (Lipinski definition) is 1. The molecule has 2 amide bonds. The summed E-state index contributed by atoms with van der Waals surface area (Å²) in [6.45, 7) is 13.8.